The summed E-state index contributed by atoms with van der Waals surface area (Å²) in [5, 5.41) is 24.8. The van der Waals surface area contributed by atoms with Gasteiger partial charge in [-0.15, -0.1) is 11.3 Å². The number of phenolic OH excluding ortho intramolecular Hbond substituents is 2. The third-order valence-electron chi connectivity index (χ3n) is 3.42. The maximum atomic E-state index is 9.72. The van der Waals surface area contributed by atoms with E-state index in [1.807, 2.05) is 6.07 Å². The Balaban J connectivity index is 2.11. The van der Waals surface area contributed by atoms with Crippen LogP contribution in [-0.2, 0) is 6.42 Å². The average molecular weight is 261 g/mol. The molecule has 94 valence electrons. The van der Waals surface area contributed by atoms with Crippen LogP contribution in [-0.4, -0.2) is 23.3 Å². The van der Waals surface area contributed by atoms with Crippen LogP contribution in [0.3, 0.4) is 0 Å². The van der Waals surface area contributed by atoms with E-state index in [4.69, 9.17) is 0 Å². The van der Waals surface area contributed by atoms with E-state index in [0.717, 1.165) is 30.6 Å². The summed E-state index contributed by atoms with van der Waals surface area (Å²) in [4.78, 5) is 1.29. The summed E-state index contributed by atoms with van der Waals surface area (Å²) in [6.07, 6.45) is 0.880. The van der Waals surface area contributed by atoms with Crippen LogP contribution in [0, 0.1) is 0 Å². The molecular weight excluding hydrogens is 246 g/mol. The van der Waals surface area contributed by atoms with Crippen molar-refractivity contribution in [3.8, 4) is 11.5 Å². The lowest BCUT2D eigenvalue weighted by Gasteiger charge is -2.17. The molecule has 0 saturated carbocycles. The van der Waals surface area contributed by atoms with Crippen molar-refractivity contribution in [2.24, 2.45) is 0 Å². The monoisotopic (exact) mass is 261 g/mol. The number of rotatable bonds is 1. The molecule has 18 heavy (non-hydrogen) atoms. The zero-order chi connectivity index (χ0) is 12.5. The van der Waals surface area contributed by atoms with Gasteiger partial charge in [-0.3, -0.25) is 0 Å². The predicted octanol–water partition coefficient (Wildman–Crippen LogP) is 2.44. The molecule has 0 fully saturated rings. The summed E-state index contributed by atoms with van der Waals surface area (Å²) < 4.78 is 0. The highest BCUT2D eigenvalue weighted by molar-refractivity contribution is 7.10. The number of thiophene rings is 1. The minimum Gasteiger partial charge on any atom is -0.504 e. The minimum atomic E-state index is -0.0304. The van der Waals surface area contributed by atoms with Gasteiger partial charge in [-0.05, 0) is 47.7 Å². The van der Waals surface area contributed by atoms with Crippen LogP contribution in [0.2, 0.25) is 0 Å². The SMILES string of the molecule is Oc1cc2c(cc1O)C(c1cccs1)CNCC2. The highest BCUT2D eigenvalue weighted by atomic mass is 32.1. The Morgan fingerprint density at radius 1 is 1.22 bits per heavy atom. The molecule has 2 aromatic rings. The van der Waals surface area contributed by atoms with E-state index in [1.54, 1.807) is 23.5 Å². The van der Waals surface area contributed by atoms with E-state index in [2.05, 4.69) is 16.8 Å². The average Bonchev–Trinajstić information content (AvgIpc) is 2.80. The third kappa shape index (κ3) is 1.98. The van der Waals surface area contributed by atoms with Crippen LogP contribution in [0.5, 0.6) is 11.5 Å². The second kappa shape index (κ2) is 4.63. The number of benzene rings is 1. The normalized spacial score (nSPS) is 19.2. The molecular formula is C14H15NO2S. The van der Waals surface area contributed by atoms with Crippen LogP contribution in [0.25, 0.3) is 0 Å². The number of aromatic hydroxyl groups is 2. The highest BCUT2D eigenvalue weighted by Gasteiger charge is 2.22. The summed E-state index contributed by atoms with van der Waals surface area (Å²) in [6.45, 7) is 1.77. The van der Waals surface area contributed by atoms with Gasteiger partial charge in [0.2, 0.25) is 0 Å². The Morgan fingerprint density at radius 3 is 2.83 bits per heavy atom. The van der Waals surface area contributed by atoms with Crippen molar-refractivity contribution in [3.63, 3.8) is 0 Å². The second-order valence-corrected chi connectivity index (χ2v) is 5.54. The first-order valence-electron chi connectivity index (χ1n) is 6.04. The summed E-state index contributed by atoms with van der Waals surface area (Å²) in [6, 6.07) is 7.57. The predicted molar refractivity (Wildman–Crippen MR) is 72.5 cm³/mol. The zero-order valence-electron chi connectivity index (χ0n) is 9.89. The highest BCUT2D eigenvalue weighted by Crippen LogP contribution is 2.37. The zero-order valence-corrected chi connectivity index (χ0v) is 10.7. The molecule has 1 aromatic carbocycles. The van der Waals surface area contributed by atoms with E-state index in [1.165, 1.54) is 4.88 Å². The van der Waals surface area contributed by atoms with Gasteiger partial charge < -0.3 is 15.5 Å². The molecule has 1 unspecified atom stereocenters. The molecule has 4 heteroatoms. The number of fused-ring (bicyclic) bond motifs is 1. The summed E-state index contributed by atoms with van der Waals surface area (Å²) in [7, 11) is 0. The van der Waals surface area contributed by atoms with Crippen LogP contribution < -0.4 is 5.32 Å². The van der Waals surface area contributed by atoms with E-state index >= 15 is 0 Å². The molecule has 2 heterocycles. The fourth-order valence-corrected chi connectivity index (χ4v) is 3.35. The molecule has 0 amide bonds. The van der Waals surface area contributed by atoms with Gasteiger partial charge in [-0.1, -0.05) is 6.07 Å². The molecule has 0 aliphatic carbocycles. The first-order chi connectivity index (χ1) is 8.75. The molecule has 1 aliphatic rings. The van der Waals surface area contributed by atoms with Gasteiger partial charge in [0.25, 0.3) is 0 Å². The first-order valence-corrected chi connectivity index (χ1v) is 6.92. The van der Waals surface area contributed by atoms with Gasteiger partial charge in [0.15, 0.2) is 11.5 Å². The Hall–Kier alpha value is -1.52. The lowest BCUT2D eigenvalue weighted by atomic mass is 9.92. The number of hydrogen-bond donors (Lipinski definition) is 3. The molecule has 1 aliphatic heterocycles. The molecule has 3 N–H and O–H groups in total. The molecule has 3 nitrogen and oxygen atoms in total. The van der Waals surface area contributed by atoms with Gasteiger partial charge in [0, 0.05) is 17.3 Å². The van der Waals surface area contributed by atoms with Crippen molar-refractivity contribution in [2.45, 2.75) is 12.3 Å². The van der Waals surface area contributed by atoms with Crippen molar-refractivity contribution < 1.29 is 10.2 Å². The second-order valence-electron chi connectivity index (χ2n) is 4.56. The minimum absolute atomic E-state index is 0.0272. The smallest absolute Gasteiger partial charge is 0.157 e. The van der Waals surface area contributed by atoms with Gasteiger partial charge in [-0.2, -0.15) is 0 Å². The largest absolute Gasteiger partial charge is 0.504 e. The fraction of sp³-hybridized carbons (Fsp3) is 0.286. The topological polar surface area (TPSA) is 52.5 Å². The van der Waals surface area contributed by atoms with Crippen molar-refractivity contribution in [1.29, 1.82) is 0 Å². The van der Waals surface area contributed by atoms with Crippen molar-refractivity contribution in [1.82, 2.24) is 5.32 Å². The Kier molecular flexibility index (Phi) is 2.97. The van der Waals surface area contributed by atoms with E-state index < -0.39 is 0 Å². The molecule has 0 spiro atoms. The maximum absolute atomic E-state index is 9.72. The number of phenols is 2. The summed E-state index contributed by atoms with van der Waals surface area (Å²) in [5.41, 5.74) is 2.24. The van der Waals surface area contributed by atoms with Crippen molar-refractivity contribution in [2.75, 3.05) is 13.1 Å². The van der Waals surface area contributed by atoms with E-state index in [-0.39, 0.29) is 17.4 Å². The third-order valence-corrected chi connectivity index (χ3v) is 4.40. The first kappa shape index (κ1) is 11.6. The molecule has 1 atom stereocenters. The van der Waals surface area contributed by atoms with Gasteiger partial charge in [-0.25, -0.2) is 0 Å². The van der Waals surface area contributed by atoms with Crippen molar-refractivity contribution in [3.05, 3.63) is 45.6 Å². The molecule has 3 rings (SSSR count). The van der Waals surface area contributed by atoms with Crippen LogP contribution >= 0.6 is 11.3 Å². The molecule has 0 bridgehead atoms. The standard InChI is InChI=1S/C14H15NO2S/c16-12-6-9-3-4-15-8-11(10(9)7-13(12)17)14-2-1-5-18-14/h1-2,5-7,11,15-17H,3-4,8H2. The summed E-state index contributed by atoms with van der Waals surface area (Å²) >= 11 is 1.73. The van der Waals surface area contributed by atoms with E-state index in [9.17, 15) is 10.2 Å². The molecule has 0 saturated heterocycles. The number of hydrogen-bond acceptors (Lipinski definition) is 4. The summed E-state index contributed by atoms with van der Waals surface area (Å²) in [5.74, 6) is 0.201. The van der Waals surface area contributed by atoms with Gasteiger partial charge >= 0.3 is 0 Å². The van der Waals surface area contributed by atoms with Gasteiger partial charge in [0.05, 0.1) is 0 Å². The Morgan fingerprint density at radius 2 is 2.06 bits per heavy atom. The van der Waals surface area contributed by atoms with E-state index in [0.29, 0.717) is 0 Å². The lowest BCUT2D eigenvalue weighted by Crippen LogP contribution is -2.20. The van der Waals surface area contributed by atoms with Crippen LogP contribution in [0.15, 0.2) is 29.6 Å². The van der Waals surface area contributed by atoms with Crippen molar-refractivity contribution >= 4 is 11.3 Å². The number of nitrogens with one attached hydrogen (secondary N) is 1. The lowest BCUT2D eigenvalue weighted by molar-refractivity contribution is 0.402. The Labute approximate surface area is 110 Å². The fourth-order valence-electron chi connectivity index (χ4n) is 2.50. The quantitative estimate of drug-likeness (QED) is 0.691. The molecule has 1 aromatic heterocycles. The van der Waals surface area contributed by atoms with Crippen LogP contribution in [0.4, 0.5) is 0 Å². The maximum Gasteiger partial charge on any atom is 0.157 e. The molecule has 0 radical (unpaired) electrons. The van der Waals surface area contributed by atoms with Crippen LogP contribution in [0.1, 0.15) is 21.9 Å². The van der Waals surface area contributed by atoms with Gasteiger partial charge in [0.1, 0.15) is 0 Å². The Bertz CT molecular complexity index is 551.